The maximum Gasteiger partial charge on any atom is 0.306 e. The summed E-state index contributed by atoms with van der Waals surface area (Å²) in [5.74, 6) is 1.38. The second-order valence-corrected chi connectivity index (χ2v) is 5.98. The van der Waals surface area contributed by atoms with E-state index in [1.165, 1.54) is 6.42 Å². The first kappa shape index (κ1) is 15.5. The Morgan fingerprint density at radius 2 is 1.67 bits per heavy atom. The minimum absolute atomic E-state index is 0.00551. The molecule has 1 rings (SSSR count). The molecule has 106 valence electrons. The number of hydrogen-bond donors (Lipinski definition) is 1. The number of carbonyl (C=O) groups is 1. The molecule has 3 heteroatoms. The number of rotatable bonds is 7. The number of carbonyl (C=O) groups excluding carboxylic acids is 1. The molecule has 0 heterocycles. The van der Waals surface area contributed by atoms with Crippen LogP contribution in [0.4, 0.5) is 0 Å². The van der Waals surface area contributed by atoms with E-state index in [1.807, 2.05) is 0 Å². The summed E-state index contributed by atoms with van der Waals surface area (Å²) in [6, 6.07) is 0. The van der Waals surface area contributed by atoms with Crippen LogP contribution in [-0.2, 0) is 9.53 Å². The Labute approximate surface area is 111 Å². The third kappa shape index (κ3) is 6.39. The van der Waals surface area contributed by atoms with Crippen molar-refractivity contribution in [3.8, 4) is 0 Å². The van der Waals surface area contributed by atoms with Gasteiger partial charge in [0.15, 0.2) is 0 Å². The molecule has 2 atom stereocenters. The first-order chi connectivity index (χ1) is 8.61. The van der Waals surface area contributed by atoms with Gasteiger partial charge in [0.25, 0.3) is 0 Å². The molecule has 0 aromatic heterocycles. The van der Waals surface area contributed by atoms with E-state index >= 15 is 0 Å². The average Bonchev–Trinajstić information content (AvgIpc) is 2.27. The first-order valence-electron chi connectivity index (χ1n) is 7.51. The second kappa shape index (κ2) is 8.52. The van der Waals surface area contributed by atoms with Crippen molar-refractivity contribution in [3.05, 3.63) is 0 Å². The fraction of sp³-hybridized carbons (Fsp3) is 0.933. The fourth-order valence-electron chi connectivity index (χ4n) is 2.98. The zero-order chi connectivity index (χ0) is 13.4. The molecule has 0 amide bonds. The lowest BCUT2D eigenvalue weighted by atomic mass is 9.82. The molecule has 0 aliphatic heterocycles. The van der Waals surface area contributed by atoms with Gasteiger partial charge >= 0.3 is 5.97 Å². The number of esters is 1. The molecule has 0 saturated heterocycles. The minimum atomic E-state index is -0.00551. The highest BCUT2D eigenvalue weighted by Crippen LogP contribution is 2.30. The van der Waals surface area contributed by atoms with Crippen LogP contribution in [0.1, 0.15) is 65.2 Å². The molecule has 18 heavy (non-hydrogen) atoms. The van der Waals surface area contributed by atoms with Crippen LogP contribution >= 0.6 is 0 Å². The van der Waals surface area contributed by atoms with Crippen molar-refractivity contribution in [2.24, 2.45) is 17.6 Å². The Balaban J connectivity index is 2.11. The molecule has 2 N–H and O–H groups in total. The molecule has 0 radical (unpaired) electrons. The predicted molar refractivity (Wildman–Crippen MR) is 74.2 cm³/mol. The summed E-state index contributed by atoms with van der Waals surface area (Å²) in [6.07, 6.45) is 8.32. The predicted octanol–water partition coefficient (Wildman–Crippen LogP) is 3.26. The molecule has 0 aromatic carbocycles. The molecule has 3 nitrogen and oxygen atoms in total. The van der Waals surface area contributed by atoms with E-state index in [2.05, 4.69) is 13.8 Å². The largest absolute Gasteiger partial charge is 0.462 e. The monoisotopic (exact) mass is 255 g/mol. The van der Waals surface area contributed by atoms with Gasteiger partial charge in [0, 0.05) is 6.42 Å². The first-order valence-corrected chi connectivity index (χ1v) is 7.51. The molecule has 1 aliphatic rings. The van der Waals surface area contributed by atoms with E-state index in [-0.39, 0.29) is 12.1 Å². The Morgan fingerprint density at radius 3 is 2.28 bits per heavy atom. The number of ether oxygens (including phenoxy) is 1. The normalized spacial score (nSPS) is 28.1. The van der Waals surface area contributed by atoms with Crippen LogP contribution in [0, 0.1) is 11.8 Å². The molecular formula is C15H29NO2. The summed E-state index contributed by atoms with van der Waals surface area (Å²) in [4.78, 5) is 11.7. The van der Waals surface area contributed by atoms with Crippen LogP contribution in [0.15, 0.2) is 0 Å². The highest BCUT2D eigenvalue weighted by molar-refractivity contribution is 5.69. The minimum Gasteiger partial charge on any atom is -0.462 e. The van der Waals surface area contributed by atoms with E-state index in [0.29, 0.717) is 18.3 Å². The summed E-state index contributed by atoms with van der Waals surface area (Å²) in [7, 11) is 0. The zero-order valence-electron chi connectivity index (χ0n) is 12.0. The van der Waals surface area contributed by atoms with E-state index in [4.69, 9.17) is 10.5 Å². The van der Waals surface area contributed by atoms with Gasteiger partial charge in [-0.05, 0) is 50.5 Å². The summed E-state index contributed by atoms with van der Waals surface area (Å²) in [5, 5.41) is 0. The Kier molecular flexibility index (Phi) is 7.33. The summed E-state index contributed by atoms with van der Waals surface area (Å²) in [5.41, 5.74) is 5.43. The van der Waals surface area contributed by atoms with Gasteiger partial charge in [-0.1, -0.05) is 26.7 Å². The fourth-order valence-corrected chi connectivity index (χ4v) is 2.98. The van der Waals surface area contributed by atoms with Crippen molar-refractivity contribution in [1.82, 2.24) is 0 Å². The summed E-state index contributed by atoms with van der Waals surface area (Å²) < 4.78 is 5.58. The SMILES string of the molecule is CC1CC(C)CC(OC(=O)CCCCCCN)C1. The Hall–Kier alpha value is -0.570. The highest BCUT2D eigenvalue weighted by atomic mass is 16.5. The van der Waals surface area contributed by atoms with Crippen molar-refractivity contribution < 1.29 is 9.53 Å². The van der Waals surface area contributed by atoms with Crippen LogP contribution in [0.3, 0.4) is 0 Å². The topological polar surface area (TPSA) is 52.3 Å². The maximum absolute atomic E-state index is 11.7. The van der Waals surface area contributed by atoms with E-state index < -0.39 is 0 Å². The van der Waals surface area contributed by atoms with Gasteiger partial charge in [0.05, 0.1) is 0 Å². The second-order valence-electron chi connectivity index (χ2n) is 5.98. The summed E-state index contributed by atoms with van der Waals surface area (Å²) >= 11 is 0. The third-order valence-electron chi connectivity index (χ3n) is 3.77. The zero-order valence-corrected chi connectivity index (χ0v) is 12.0. The molecular weight excluding hydrogens is 226 g/mol. The molecule has 1 aliphatic carbocycles. The Morgan fingerprint density at radius 1 is 1.06 bits per heavy atom. The quantitative estimate of drug-likeness (QED) is 0.561. The third-order valence-corrected chi connectivity index (χ3v) is 3.77. The van der Waals surface area contributed by atoms with Crippen LogP contribution in [0.5, 0.6) is 0 Å². The lowest BCUT2D eigenvalue weighted by molar-refractivity contribution is -0.152. The molecule has 1 saturated carbocycles. The maximum atomic E-state index is 11.7. The lowest BCUT2D eigenvalue weighted by Crippen LogP contribution is -2.28. The van der Waals surface area contributed by atoms with Gasteiger partial charge < -0.3 is 10.5 Å². The highest BCUT2D eigenvalue weighted by Gasteiger charge is 2.26. The van der Waals surface area contributed by atoms with Crippen LogP contribution < -0.4 is 5.73 Å². The van der Waals surface area contributed by atoms with Crippen molar-refractivity contribution in [1.29, 1.82) is 0 Å². The van der Waals surface area contributed by atoms with Crippen molar-refractivity contribution in [2.75, 3.05) is 6.54 Å². The molecule has 2 unspecified atom stereocenters. The van der Waals surface area contributed by atoms with Gasteiger partial charge in [-0.15, -0.1) is 0 Å². The van der Waals surface area contributed by atoms with Gasteiger partial charge in [-0.25, -0.2) is 0 Å². The van der Waals surface area contributed by atoms with Crippen molar-refractivity contribution >= 4 is 5.97 Å². The van der Waals surface area contributed by atoms with E-state index in [9.17, 15) is 4.79 Å². The van der Waals surface area contributed by atoms with Crippen molar-refractivity contribution in [2.45, 2.75) is 71.3 Å². The lowest BCUT2D eigenvalue weighted by Gasteiger charge is -2.31. The van der Waals surface area contributed by atoms with E-state index in [0.717, 1.165) is 45.1 Å². The molecule has 1 fully saturated rings. The summed E-state index contributed by atoms with van der Waals surface area (Å²) in [6.45, 7) is 5.26. The average molecular weight is 255 g/mol. The molecule has 0 spiro atoms. The van der Waals surface area contributed by atoms with Crippen LogP contribution in [0.2, 0.25) is 0 Å². The van der Waals surface area contributed by atoms with E-state index in [1.54, 1.807) is 0 Å². The molecule has 0 aromatic rings. The molecule has 0 bridgehead atoms. The Bertz CT molecular complexity index is 233. The van der Waals surface area contributed by atoms with Crippen molar-refractivity contribution in [3.63, 3.8) is 0 Å². The van der Waals surface area contributed by atoms with Crippen LogP contribution in [0.25, 0.3) is 0 Å². The standard InChI is InChI=1S/C15H29NO2/c1-12-9-13(2)11-14(10-12)18-15(17)7-5-3-4-6-8-16/h12-14H,3-11,16H2,1-2H3. The number of hydrogen-bond acceptors (Lipinski definition) is 3. The van der Waals surface area contributed by atoms with Gasteiger partial charge in [-0.2, -0.15) is 0 Å². The van der Waals surface area contributed by atoms with Gasteiger partial charge in [-0.3, -0.25) is 4.79 Å². The van der Waals surface area contributed by atoms with Gasteiger partial charge in [0.2, 0.25) is 0 Å². The van der Waals surface area contributed by atoms with Crippen LogP contribution in [-0.4, -0.2) is 18.6 Å². The van der Waals surface area contributed by atoms with Gasteiger partial charge in [0.1, 0.15) is 6.10 Å². The smallest absolute Gasteiger partial charge is 0.306 e. The number of unbranched alkanes of at least 4 members (excludes halogenated alkanes) is 3. The number of nitrogens with two attached hydrogens (primary N) is 1.